The first-order valence-electron chi connectivity index (χ1n) is 10.3. The van der Waals surface area contributed by atoms with Gasteiger partial charge < -0.3 is 20.4 Å². The maximum absolute atomic E-state index is 13.0. The quantitative estimate of drug-likeness (QED) is 0.767. The molecule has 1 aliphatic heterocycles. The number of hydrogen-bond acceptors (Lipinski definition) is 3. The lowest BCUT2D eigenvalue weighted by Gasteiger charge is -2.37. The third-order valence-electron chi connectivity index (χ3n) is 5.30. The minimum atomic E-state index is -0.634. The molecule has 30 heavy (non-hydrogen) atoms. The van der Waals surface area contributed by atoms with Crippen molar-refractivity contribution in [2.45, 2.75) is 26.4 Å². The Morgan fingerprint density at radius 3 is 2.20 bits per heavy atom. The van der Waals surface area contributed by atoms with Gasteiger partial charge in [-0.3, -0.25) is 4.79 Å². The fourth-order valence-electron chi connectivity index (χ4n) is 3.47. The minimum absolute atomic E-state index is 0.0622. The first-order chi connectivity index (χ1) is 14.4. The van der Waals surface area contributed by atoms with Crippen LogP contribution < -0.4 is 15.5 Å². The van der Waals surface area contributed by atoms with E-state index in [1.54, 1.807) is 17.0 Å². The van der Waals surface area contributed by atoms with Crippen LogP contribution in [0.25, 0.3) is 0 Å². The number of carbonyl (C=O) groups excluding carboxylic acids is 2. The van der Waals surface area contributed by atoms with Crippen LogP contribution in [0.1, 0.15) is 19.4 Å². The Hall–Kier alpha value is -3.09. The molecule has 0 saturated carbocycles. The number of para-hydroxylation sites is 1. The van der Waals surface area contributed by atoms with Gasteiger partial charge in [0.25, 0.3) is 0 Å². The van der Waals surface area contributed by atoms with Crippen LogP contribution >= 0.6 is 0 Å². The molecule has 1 unspecified atom stereocenters. The Balaban J connectivity index is 1.51. The summed E-state index contributed by atoms with van der Waals surface area (Å²) in [4.78, 5) is 29.4. The van der Waals surface area contributed by atoms with Gasteiger partial charge in [-0.15, -0.1) is 0 Å². The molecule has 160 valence electrons. The molecule has 0 bridgehead atoms. The van der Waals surface area contributed by atoms with E-state index in [9.17, 15) is 14.0 Å². The van der Waals surface area contributed by atoms with Crippen molar-refractivity contribution in [3.8, 4) is 0 Å². The summed E-state index contributed by atoms with van der Waals surface area (Å²) in [5.74, 6) is -0.622. The Labute approximate surface area is 177 Å². The highest BCUT2D eigenvalue weighted by atomic mass is 19.1. The molecule has 0 aliphatic carbocycles. The van der Waals surface area contributed by atoms with E-state index in [-0.39, 0.29) is 30.2 Å². The molecular weight excluding hydrogens is 383 g/mol. The summed E-state index contributed by atoms with van der Waals surface area (Å²) in [7, 11) is 0. The van der Waals surface area contributed by atoms with Crippen LogP contribution in [0.3, 0.4) is 0 Å². The fraction of sp³-hybridized carbons (Fsp3) is 0.391. The number of anilines is 1. The van der Waals surface area contributed by atoms with Crippen LogP contribution in [0.15, 0.2) is 54.6 Å². The van der Waals surface area contributed by atoms with Gasteiger partial charge in [0.2, 0.25) is 5.91 Å². The zero-order valence-electron chi connectivity index (χ0n) is 17.5. The number of nitrogens with one attached hydrogen (secondary N) is 2. The molecule has 0 aromatic heterocycles. The summed E-state index contributed by atoms with van der Waals surface area (Å²) in [6.45, 7) is 6.78. The van der Waals surface area contributed by atoms with E-state index in [1.807, 2.05) is 32.0 Å². The number of benzene rings is 2. The van der Waals surface area contributed by atoms with Crippen molar-refractivity contribution in [2.75, 3.05) is 31.1 Å². The molecule has 2 aromatic carbocycles. The summed E-state index contributed by atoms with van der Waals surface area (Å²) in [5, 5.41) is 5.72. The van der Waals surface area contributed by atoms with Crippen LogP contribution in [0.2, 0.25) is 0 Å². The molecule has 2 aromatic rings. The van der Waals surface area contributed by atoms with Crippen LogP contribution in [-0.4, -0.2) is 49.1 Å². The molecule has 6 nitrogen and oxygen atoms in total. The molecule has 0 spiro atoms. The maximum Gasteiger partial charge on any atom is 0.318 e. The van der Waals surface area contributed by atoms with Crippen molar-refractivity contribution in [3.05, 3.63) is 66.0 Å². The van der Waals surface area contributed by atoms with Crippen LogP contribution in [0.4, 0.5) is 14.9 Å². The van der Waals surface area contributed by atoms with Gasteiger partial charge in [-0.05, 0) is 35.7 Å². The Morgan fingerprint density at radius 1 is 0.967 bits per heavy atom. The predicted molar refractivity (Wildman–Crippen MR) is 116 cm³/mol. The predicted octanol–water partition coefficient (Wildman–Crippen LogP) is 3.00. The maximum atomic E-state index is 13.0. The van der Waals surface area contributed by atoms with Gasteiger partial charge in [0.15, 0.2) is 0 Å². The lowest BCUT2D eigenvalue weighted by atomic mass is 10.0. The first kappa shape index (κ1) is 21.6. The Morgan fingerprint density at radius 2 is 1.60 bits per heavy atom. The van der Waals surface area contributed by atoms with Crippen molar-refractivity contribution >= 4 is 17.6 Å². The highest BCUT2D eigenvalue weighted by Gasteiger charge is 2.28. The van der Waals surface area contributed by atoms with Gasteiger partial charge in [0.1, 0.15) is 11.9 Å². The Kier molecular flexibility index (Phi) is 7.27. The van der Waals surface area contributed by atoms with E-state index < -0.39 is 6.04 Å². The van der Waals surface area contributed by atoms with Gasteiger partial charge >= 0.3 is 6.03 Å². The van der Waals surface area contributed by atoms with Crippen LogP contribution in [0.5, 0.6) is 0 Å². The van der Waals surface area contributed by atoms with E-state index in [4.69, 9.17) is 0 Å². The number of carbonyl (C=O) groups is 2. The molecule has 1 heterocycles. The zero-order chi connectivity index (χ0) is 21.5. The largest absolute Gasteiger partial charge is 0.368 e. The van der Waals surface area contributed by atoms with E-state index in [0.29, 0.717) is 13.1 Å². The smallest absolute Gasteiger partial charge is 0.318 e. The number of rotatable bonds is 6. The second-order valence-corrected chi connectivity index (χ2v) is 7.83. The van der Waals surface area contributed by atoms with Crippen molar-refractivity contribution in [3.63, 3.8) is 0 Å². The minimum Gasteiger partial charge on any atom is -0.368 e. The normalized spacial score (nSPS) is 15.1. The van der Waals surface area contributed by atoms with Crippen LogP contribution in [0, 0.1) is 11.7 Å². The molecule has 1 aliphatic rings. The number of nitrogens with zero attached hydrogens (tertiary/aromatic N) is 2. The average Bonchev–Trinajstić information content (AvgIpc) is 2.77. The third kappa shape index (κ3) is 5.72. The molecule has 3 rings (SSSR count). The van der Waals surface area contributed by atoms with Gasteiger partial charge in [-0.25, -0.2) is 9.18 Å². The average molecular weight is 413 g/mol. The van der Waals surface area contributed by atoms with E-state index >= 15 is 0 Å². The van der Waals surface area contributed by atoms with Crippen LogP contribution in [-0.2, 0) is 11.3 Å². The molecule has 2 N–H and O–H groups in total. The number of hydrogen-bond donors (Lipinski definition) is 2. The summed E-state index contributed by atoms with van der Waals surface area (Å²) >= 11 is 0. The molecule has 0 radical (unpaired) electrons. The summed E-state index contributed by atoms with van der Waals surface area (Å²) in [5.41, 5.74) is 1.95. The summed E-state index contributed by atoms with van der Waals surface area (Å²) < 4.78 is 13.0. The number of amides is 3. The van der Waals surface area contributed by atoms with E-state index in [2.05, 4.69) is 27.7 Å². The summed E-state index contributed by atoms with van der Waals surface area (Å²) in [6, 6.07) is 15.3. The zero-order valence-corrected chi connectivity index (χ0v) is 17.5. The molecule has 1 fully saturated rings. The topological polar surface area (TPSA) is 64.7 Å². The van der Waals surface area contributed by atoms with Gasteiger partial charge in [0.05, 0.1) is 0 Å². The second kappa shape index (κ2) is 10.1. The number of piperazine rings is 1. The van der Waals surface area contributed by atoms with Gasteiger partial charge in [0, 0.05) is 38.4 Å². The van der Waals surface area contributed by atoms with Gasteiger partial charge in [-0.1, -0.05) is 44.2 Å². The fourth-order valence-corrected chi connectivity index (χ4v) is 3.47. The number of halogens is 1. The SMILES string of the molecule is CC(C)C(NC(=O)N1CCN(c2ccccc2)CC1)C(=O)NCc1ccc(F)cc1. The molecule has 1 atom stereocenters. The van der Waals surface area contributed by atoms with Crippen molar-refractivity contribution in [1.82, 2.24) is 15.5 Å². The van der Waals surface area contributed by atoms with Gasteiger partial charge in [-0.2, -0.15) is 0 Å². The highest BCUT2D eigenvalue weighted by Crippen LogP contribution is 2.16. The third-order valence-corrected chi connectivity index (χ3v) is 5.30. The van der Waals surface area contributed by atoms with E-state index in [0.717, 1.165) is 24.3 Å². The van der Waals surface area contributed by atoms with Crippen molar-refractivity contribution in [1.29, 1.82) is 0 Å². The van der Waals surface area contributed by atoms with Crippen molar-refractivity contribution < 1.29 is 14.0 Å². The lowest BCUT2D eigenvalue weighted by molar-refractivity contribution is -0.124. The molecular formula is C23H29FN4O2. The highest BCUT2D eigenvalue weighted by molar-refractivity contribution is 5.87. The number of urea groups is 1. The molecule has 7 heteroatoms. The monoisotopic (exact) mass is 412 g/mol. The van der Waals surface area contributed by atoms with E-state index in [1.165, 1.54) is 12.1 Å². The molecule has 3 amide bonds. The molecule has 1 saturated heterocycles. The lowest BCUT2D eigenvalue weighted by Crippen LogP contribution is -2.57. The summed E-state index contributed by atoms with van der Waals surface area (Å²) in [6.07, 6.45) is 0. The standard InChI is InChI=1S/C23H29FN4O2/c1-17(2)21(22(29)25-16-18-8-10-19(24)11-9-18)26-23(30)28-14-12-27(13-15-28)20-6-4-3-5-7-20/h3-11,17,21H,12-16H2,1-2H3,(H,25,29)(H,26,30). The van der Waals surface area contributed by atoms with Crippen molar-refractivity contribution in [2.24, 2.45) is 5.92 Å². The second-order valence-electron chi connectivity index (χ2n) is 7.83. The first-order valence-corrected chi connectivity index (χ1v) is 10.3. The Bertz CT molecular complexity index is 834.